The fraction of sp³-hybridized carbons (Fsp3) is 0.278. The van der Waals surface area contributed by atoms with Crippen LogP contribution in [0.3, 0.4) is 0 Å². The second-order valence-corrected chi connectivity index (χ2v) is 5.47. The van der Waals surface area contributed by atoms with Gasteiger partial charge >= 0.3 is 5.97 Å². The van der Waals surface area contributed by atoms with E-state index in [1.54, 1.807) is 12.1 Å². The minimum atomic E-state index is -0.860. The maximum atomic E-state index is 13.0. The molecule has 1 N–H and O–H groups in total. The molecule has 2 aromatic carbocycles. The average molecular weight is 286 g/mol. The first-order valence-electron chi connectivity index (χ1n) is 7.08. The number of benzene rings is 2. The smallest absolute Gasteiger partial charge is 0.310 e. The molecule has 0 amide bonds. The zero-order valence-corrected chi connectivity index (χ0v) is 12.0. The van der Waals surface area contributed by atoms with Crippen molar-refractivity contribution in [1.82, 2.24) is 0 Å². The summed E-state index contributed by atoms with van der Waals surface area (Å²) in [6, 6.07) is 15.8. The van der Waals surface area contributed by atoms with Gasteiger partial charge in [-0.3, -0.25) is 4.79 Å². The lowest BCUT2D eigenvalue weighted by atomic mass is 9.86. The van der Waals surface area contributed by atoms with E-state index in [-0.39, 0.29) is 11.7 Å². The third-order valence-electron chi connectivity index (χ3n) is 3.64. The fourth-order valence-electron chi connectivity index (χ4n) is 2.58. The molecule has 2 rings (SSSR count). The Hall–Kier alpha value is -2.16. The number of hydrogen-bond donors (Lipinski definition) is 1. The maximum Gasteiger partial charge on any atom is 0.310 e. The molecule has 21 heavy (non-hydrogen) atoms. The molecular weight excluding hydrogens is 267 g/mol. The summed E-state index contributed by atoms with van der Waals surface area (Å²) in [5.74, 6) is -1.57. The number of carboxylic acids is 1. The van der Waals surface area contributed by atoms with Gasteiger partial charge in [0.25, 0.3) is 0 Å². The second-order valence-electron chi connectivity index (χ2n) is 5.47. The summed E-state index contributed by atoms with van der Waals surface area (Å²) in [5, 5.41) is 9.42. The van der Waals surface area contributed by atoms with Crippen LogP contribution in [-0.4, -0.2) is 11.1 Å². The molecule has 2 unspecified atom stereocenters. The highest BCUT2D eigenvalue weighted by molar-refractivity contribution is 5.76. The summed E-state index contributed by atoms with van der Waals surface area (Å²) in [7, 11) is 0. The highest BCUT2D eigenvalue weighted by atomic mass is 19.1. The van der Waals surface area contributed by atoms with E-state index in [4.69, 9.17) is 0 Å². The van der Waals surface area contributed by atoms with Crippen LogP contribution in [0.1, 0.15) is 30.4 Å². The van der Waals surface area contributed by atoms with Gasteiger partial charge in [0, 0.05) is 0 Å². The van der Waals surface area contributed by atoms with Gasteiger partial charge in [0.2, 0.25) is 0 Å². The Morgan fingerprint density at radius 3 is 2.29 bits per heavy atom. The highest BCUT2D eigenvalue weighted by Gasteiger charge is 2.22. The summed E-state index contributed by atoms with van der Waals surface area (Å²) >= 11 is 0. The van der Waals surface area contributed by atoms with Crippen LogP contribution in [0, 0.1) is 11.7 Å². The van der Waals surface area contributed by atoms with Crippen LogP contribution in [0.25, 0.3) is 0 Å². The van der Waals surface area contributed by atoms with Crippen LogP contribution >= 0.6 is 0 Å². The number of rotatable bonds is 6. The van der Waals surface area contributed by atoms with Gasteiger partial charge in [0.05, 0.1) is 5.92 Å². The molecule has 0 spiro atoms. The summed E-state index contributed by atoms with van der Waals surface area (Å²) in [4.78, 5) is 11.5. The molecule has 110 valence electrons. The van der Waals surface area contributed by atoms with Crippen molar-refractivity contribution < 1.29 is 14.3 Å². The van der Waals surface area contributed by atoms with Crippen LogP contribution in [0.4, 0.5) is 4.39 Å². The second kappa shape index (κ2) is 7.02. The largest absolute Gasteiger partial charge is 0.481 e. The maximum absolute atomic E-state index is 13.0. The Kier molecular flexibility index (Phi) is 5.09. The molecule has 0 aliphatic heterocycles. The Labute approximate surface area is 124 Å². The summed E-state index contributed by atoms with van der Waals surface area (Å²) in [6.07, 6.45) is 1.38. The number of aliphatic carboxylic acids is 1. The fourth-order valence-corrected chi connectivity index (χ4v) is 2.58. The van der Waals surface area contributed by atoms with Gasteiger partial charge in [-0.1, -0.05) is 49.4 Å². The first kappa shape index (κ1) is 15.2. The van der Waals surface area contributed by atoms with Crippen LogP contribution in [-0.2, 0) is 11.2 Å². The predicted molar refractivity (Wildman–Crippen MR) is 80.7 cm³/mol. The number of hydrogen-bond acceptors (Lipinski definition) is 1. The summed E-state index contributed by atoms with van der Waals surface area (Å²) in [5.41, 5.74) is 1.86. The van der Waals surface area contributed by atoms with E-state index in [0.29, 0.717) is 12.0 Å². The number of carboxylic acid groups (broad SMARTS) is 1. The minimum Gasteiger partial charge on any atom is -0.481 e. The Balaban J connectivity index is 2.06. The minimum absolute atomic E-state index is 0.235. The van der Waals surface area contributed by atoms with Gasteiger partial charge in [0.15, 0.2) is 0 Å². The van der Waals surface area contributed by atoms with E-state index >= 15 is 0 Å². The predicted octanol–water partition coefficient (Wildman–Crippen LogP) is 4.26. The van der Waals surface area contributed by atoms with E-state index in [0.717, 1.165) is 6.42 Å². The van der Waals surface area contributed by atoms with E-state index < -0.39 is 11.9 Å². The zero-order valence-electron chi connectivity index (χ0n) is 12.0. The van der Waals surface area contributed by atoms with Crippen LogP contribution in [0.5, 0.6) is 0 Å². The molecule has 2 aromatic rings. The quantitative estimate of drug-likeness (QED) is 0.861. The van der Waals surface area contributed by atoms with Gasteiger partial charge in [-0.05, 0) is 42.0 Å². The third-order valence-corrected chi connectivity index (χ3v) is 3.64. The van der Waals surface area contributed by atoms with E-state index in [1.165, 1.54) is 17.7 Å². The Morgan fingerprint density at radius 1 is 1.10 bits per heavy atom. The van der Waals surface area contributed by atoms with Crippen molar-refractivity contribution in [3.8, 4) is 0 Å². The molecule has 0 bridgehead atoms. The lowest BCUT2D eigenvalue weighted by Gasteiger charge is -2.18. The van der Waals surface area contributed by atoms with Crippen molar-refractivity contribution >= 4 is 5.97 Å². The average Bonchev–Trinajstić information content (AvgIpc) is 2.47. The standard InChI is InChI=1S/C18H19FO2/c1-13(11-14-5-3-2-4-6-14)12-17(18(20)21)15-7-9-16(19)10-8-15/h2-10,13,17H,11-12H2,1H3,(H,20,21). The molecule has 2 nitrogen and oxygen atoms in total. The molecule has 0 aliphatic rings. The molecular formula is C18H19FO2. The van der Waals surface area contributed by atoms with Crippen LogP contribution < -0.4 is 0 Å². The third kappa shape index (κ3) is 4.42. The zero-order chi connectivity index (χ0) is 15.2. The van der Waals surface area contributed by atoms with Gasteiger partial charge in [-0.2, -0.15) is 0 Å². The van der Waals surface area contributed by atoms with E-state index in [2.05, 4.69) is 0 Å². The molecule has 0 fully saturated rings. The van der Waals surface area contributed by atoms with Crippen LogP contribution in [0.15, 0.2) is 54.6 Å². The van der Waals surface area contributed by atoms with Crippen molar-refractivity contribution in [2.75, 3.05) is 0 Å². The number of carbonyl (C=O) groups is 1. The van der Waals surface area contributed by atoms with Crippen LogP contribution in [0.2, 0.25) is 0 Å². The summed E-state index contributed by atoms with van der Waals surface area (Å²) in [6.45, 7) is 2.05. The van der Waals surface area contributed by atoms with Crippen molar-refractivity contribution in [3.63, 3.8) is 0 Å². The van der Waals surface area contributed by atoms with Crippen molar-refractivity contribution in [2.24, 2.45) is 5.92 Å². The van der Waals surface area contributed by atoms with Crippen molar-refractivity contribution in [2.45, 2.75) is 25.7 Å². The molecule has 0 aromatic heterocycles. The summed E-state index contributed by atoms with van der Waals surface area (Å²) < 4.78 is 13.0. The van der Waals surface area contributed by atoms with Gasteiger partial charge in [-0.15, -0.1) is 0 Å². The monoisotopic (exact) mass is 286 g/mol. The number of halogens is 1. The normalized spacial score (nSPS) is 13.6. The SMILES string of the molecule is CC(Cc1ccccc1)CC(C(=O)O)c1ccc(F)cc1. The molecule has 2 atom stereocenters. The molecule has 0 aliphatic carbocycles. The molecule has 0 radical (unpaired) electrons. The van der Waals surface area contributed by atoms with Crippen molar-refractivity contribution in [1.29, 1.82) is 0 Å². The topological polar surface area (TPSA) is 37.3 Å². The van der Waals surface area contributed by atoms with Crippen molar-refractivity contribution in [3.05, 3.63) is 71.5 Å². The van der Waals surface area contributed by atoms with E-state index in [1.807, 2.05) is 37.3 Å². The highest BCUT2D eigenvalue weighted by Crippen LogP contribution is 2.26. The Morgan fingerprint density at radius 2 is 1.71 bits per heavy atom. The molecule has 0 saturated heterocycles. The van der Waals surface area contributed by atoms with E-state index in [9.17, 15) is 14.3 Å². The first-order chi connectivity index (χ1) is 10.1. The van der Waals surface area contributed by atoms with Gasteiger partial charge < -0.3 is 5.11 Å². The Bertz CT molecular complexity index is 578. The lowest BCUT2D eigenvalue weighted by Crippen LogP contribution is -2.16. The molecule has 3 heteroatoms. The molecule has 0 heterocycles. The van der Waals surface area contributed by atoms with Gasteiger partial charge in [0.1, 0.15) is 5.82 Å². The van der Waals surface area contributed by atoms with Gasteiger partial charge in [-0.25, -0.2) is 4.39 Å². The molecule has 0 saturated carbocycles. The lowest BCUT2D eigenvalue weighted by molar-refractivity contribution is -0.139. The first-order valence-corrected chi connectivity index (χ1v) is 7.08.